The number of carbonyl (C=O) groups excluding carboxylic acids is 1. The Morgan fingerprint density at radius 1 is 1.53 bits per heavy atom. The molecule has 0 heterocycles. The molecule has 3 nitrogen and oxygen atoms in total. The van der Waals surface area contributed by atoms with E-state index in [0.29, 0.717) is 23.6 Å². The van der Waals surface area contributed by atoms with E-state index < -0.39 is 0 Å². The minimum Gasteiger partial charge on any atom is -0.393 e. The lowest BCUT2D eigenvalue weighted by Crippen LogP contribution is -2.38. The smallest absolute Gasteiger partial charge is 0.251 e. The van der Waals surface area contributed by atoms with Crippen LogP contribution < -0.4 is 5.32 Å². The van der Waals surface area contributed by atoms with Crippen LogP contribution in [0.2, 0.25) is 0 Å². The van der Waals surface area contributed by atoms with Crippen molar-refractivity contribution in [3.8, 4) is 0 Å². The summed E-state index contributed by atoms with van der Waals surface area (Å²) in [6.45, 7) is 2.29. The predicted molar refractivity (Wildman–Crippen MR) is 62.2 cm³/mol. The topological polar surface area (TPSA) is 49.3 Å². The first-order valence-corrected chi connectivity index (χ1v) is 5.78. The molecule has 1 aromatic rings. The van der Waals surface area contributed by atoms with Gasteiger partial charge < -0.3 is 10.4 Å². The second-order valence-electron chi connectivity index (χ2n) is 4.66. The number of aryl methyl sites for hydroxylation is 1. The molecule has 0 aliphatic heterocycles. The Balaban J connectivity index is 1.91. The number of rotatable bonds is 3. The highest BCUT2D eigenvalue weighted by molar-refractivity contribution is 5.95. The molecular formula is C13H16FNO2. The third-order valence-electron chi connectivity index (χ3n) is 3.20. The van der Waals surface area contributed by atoms with Gasteiger partial charge in [0.15, 0.2) is 0 Å². The molecule has 4 heteroatoms. The molecule has 17 heavy (non-hydrogen) atoms. The molecule has 0 unspecified atom stereocenters. The van der Waals surface area contributed by atoms with Crippen molar-refractivity contribution in [3.05, 3.63) is 35.1 Å². The van der Waals surface area contributed by atoms with Crippen molar-refractivity contribution < 1.29 is 14.3 Å². The van der Waals surface area contributed by atoms with Crippen LogP contribution in [-0.2, 0) is 0 Å². The molecule has 0 saturated heterocycles. The van der Waals surface area contributed by atoms with Crippen LogP contribution >= 0.6 is 0 Å². The van der Waals surface area contributed by atoms with Crippen molar-refractivity contribution in [2.24, 2.45) is 5.92 Å². The zero-order valence-electron chi connectivity index (χ0n) is 9.74. The van der Waals surface area contributed by atoms with Crippen LogP contribution in [-0.4, -0.2) is 23.7 Å². The summed E-state index contributed by atoms with van der Waals surface area (Å²) in [5.74, 6) is -0.139. The number of aliphatic hydroxyl groups excluding tert-OH is 1. The first-order chi connectivity index (χ1) is 8.06. The predicted octanol–water partition coefficient (Wildman–Crippen LogP) is 1.63. The molecule has 1 aliphatic carbocycles. The summed E-state index contributed by atoms with van der Waals surface area (Å²) in [7, 11) is 0. The molecule has 1 aliphatic rings. The molecule has 0 atom stereocenters. The Morgan fingerprint density at radius 3 is 2.82 bits per heavy atom. The van der Waals surface area contributed by atoms with Crippen LogP contribution in [0.4, 0.5) is 4.39 Å². The Bertz CT molecular complexity index is 427. The van der Waals surface area contributed by atoms with Gasteiger partial charge in [-0.3, -0.25) is 4.79 Å². The normalized spacial score (nSPS) is 23.0. The number of hydrogen-bond donors (Lipinski definition) is 2. The molecule has 92 valence electrons. The zero-order valence-corrected chi connectivity index (χ0v) is 9.74. The summed E-state index contributed by atoms with van der Waals surface area (Å²) in [6.07, 6.45) is 1.30. The van der Waals surface area contributed by atoms with E-state index in [0.717, 1.165) is 12.8 Å². The van der Waals surface area contributed by atoms with E-state index in [9.17, 15) is 9.18 Å². The number of hydrogen-bond acceptors (Lipinski definition) is 2. The van der Waals surface area contributed by atoms with Gasteiger partial charge in [-0.2, -0.15) is 0 Å². The second kappa shape index (κ2) is 4.84. The Kier molecular flexibility index (Phi) is 3.43. The Morgan fingerprint density at radius 2 is 2.24 bits per heavy atom. The van der Waals surface area contributed by atoms with E-state index in [4.69, 9.17) is 5.11 Å². The number of amides is 1. The lowest BCUT2D eigenvalue weighted by molar-refractivity contribution is 0.0420. The fraction of sp³-hybridized carbons (Fsp3) is 0.462. The quantitative estimate of drug-likeness (QED) is 0.839. The molecule has 2 rings (SSSR count). The van der Waals surface area contributed by atoms with Crippen LogP contribution in [0.1, 0.15) is 28.8 Å². The standard InChI is InChI=1S/C13H16FNO2/c1-8-4-10(14)2-3-12(8)13(17)15-7-9-5-11(16)6-9/h2-4,9,11,16H,5-7H2,1H3,(H,15,17). The maximum atomic E-state index is 12.9. The summed E-state index contributed by atoms with van der Waals surface area (Å²) in [4.78, 5) is 11.8. The van der Waals surface area contributed by atoms with Crippen LogP contribution in [0, 0.1) is 18.7 Å². The Labute approximate surface area is 99.7 Å². The van der Waals surface area contributed by atoms with Crippen molar-refractivity contribution in [2.45, 2.75) is 25.9 Å². The molecular weight excluding hydrogens is 221 g/mol. The summed E-state index contributed by atoms with van der Waals surface area (Å²) in [5.41, 5.74) is 1.14. The van der Waals surface area contributed by atoms with E-state index in [-0.39, 0.29) is 17.8 Å². The number of benzene rings is 1. The van der Waals surface area contributed by atoms with E-state index in [1.807, 2.05) is 0 Å². The van der Waals surface area contributed by atoms with Gasteiger partial charge in [-0.15, -0.1) is 0 Å². The highest BCUT2D eigenvalue weighted by Gasteiger charge is 2.27. The average Bonchev–Trinajstić information content (AvgIpc) is 2.22. The minimum absolute atomic E-state index is 0.177. The number of carbonyl (C=O) groups is 1. The molecule has 1 fully saturated rings. The zero-order chi connectivity index (χ0) is 12.4. The highest BCUT2D eigenvalue weighted by atomic mass is 19.1. The fourth-order valence-corrected chi connectivity index (χ4v) is 2.08. The second-order valence-corrected chi connectivity index (χ2v) is 4.66. The van der Waals surface area contributed by atoms with Gasteiger partial charge in [0.1, 0.15) is 5.82 Å². The lowest BCUT2D eigenvalue weighted by atomic mass is 9.82. The van der Waals surface area contributed by atoms with E-state index in [2.05, 4.69) is 5.32 Å². The molecule has 2 N–H and O–H groups in total. The SMILES string of the molecule is Cc1cc(F)ccc1C(=O)NCC1CC(O)C1. The van der Waals surface area contributed by atoms with Crippen molar-refractivity contribution in [1.82, 2.24) is 5.32 Å². The van der Waals surface area contributed by atoms with Crippen molar-refractivity contribution in [1.29, 1.82) is 0 Å². The van der Waals surface area contributed by atoms with Gasteiger partial charge in [-0.1, -0.05) is 0 Å². The summed E-state index contributed by atoms with van der Waals surface area (Å²) in [5, 5.41) is 11.9. The molecule has 1 saturated carbocycles. The van der Waals surface area contributed by atoms with Gasteiger partial charge in [-0.25, -0.2) is 4.39 Å². The first kappa shape index (κ1) is 12.0. The third kappa shape index (κ3) is 2.82. The minimum atomic E-state index is -0.332. The summed E-state index contributed by atoms with van der Waals surface area (Å²) >= 11 is 0. The first-order valence-electron chi connectivity index (χ1n) is 5.78. The van der Waals surface area contributed by atoms with Gasteiger partial charge in [0.05, 0.1) is 6.10 Å². The maximum absolute atomic E-state index is 12.9. The van der Waals surface area contributed by atoms with Crippen LogP contribution in [0.3, 0.4) is 0 Å². The van der Waals surface area contributed by atoms with Gasteiger partial charge in [0, 0.05) is 12.1 Å². The molecule has 0 aromatic heterocycles. The Hall–Kier alpha value is -1.42. The molecule has 1 amide bonds. The van der Waals surface area contributed by atoms with E-state index in [1.165, 1.54) is 18.2 Å². The van der Waals surface area contributed by atoms with Crippen LogP contribution in [0.5, 0.6) is 0 Å². The van der Waals surface area contributed by atoms with Crippen molar-refractivity contribution >= 4 is 5.91 Å². The molecule has 0 radical (unpaired) electrons. The van der Waals surface area contributed by atoms with E-state index in [1.54, 1.807) is 6.92 Å². The monoisotopic (exact) mass is 237 g/mol. The van der Waals surface area contributed by atoms with Gasteiger partial charge >= 0.3 is 0 Å². The molecule has 1 aromatic carbocycles. The average molecular weight is 237 g/mol. The summed E-state index contributed by atoms with van der Waals surface area (Å²) < 4.78 is 12.9. The van der Waals surface area contributed by atoms with Crippen LogP contribution in [0.25, 0.3) is 0 Å². The van der Waals surface area contributed by atoms with Gasteiger partial charge in [-0.05, 0) is 49.4 Å². The van der Waals surface area contributed by atoms with Gasteiger partial charge in [0.25, 0.3) is 5.91 Å². The van der Waals surface area contributed by atoms with Gasteiger partial charge in [0.2, 0.25) is 0 Å². The van der Waals surface area contributed by atoms with Crippen LogP contribution in [0.15, 0.2) is 18.2 Å². The number of aliphatic hydroxyl groups is 1. The fourth-order valence-electron chi connectivity index (χ4n) is 2.08. The largest absolute Gasteiger partial charge is 0.393 e. The highest BCUT2D eigenvalue weighted by Crippen LogP contribution is 2.26. The van der Waals surface area contributed by atoms with Crippen molar-refractivity contribution in [3.63, 3.8) is 0 Å². The lowest BCUT2D eigenvalue weighted by Gasteiger charge is -2.31. The molecule has 0 spiro atoms. The van der Waals surface area contributed by atoms with Crippen molar-refractivity contribution in [2.75, 3.05) is 6.54 Å². The third-order valence-corrected chi connectivity index (χ3v) is 3.20. The molecule has 0 bridgehead atoms. The summed E-state index contributed by atoms with van der Waals surface area (Å²) in [6, 6.07) is 4.13. The van der Waals surface area contributed by atoms with E-state index >= 15 is 0 Å². The maximum Gasteiger partial charge on any atom is 0.251 e. The number of nitrogens with one attached hydrogen (secondary N) is 1. The number of halogens is 1.